The van der Waals surface area contributed by atoms with Crippen molar-refractivity contribution in [3.8, 4) is 5.75 Å². The van der Waals surface area contributed by atoms with Crippen molar-refractivity contribution < 1.29 is 4.74 Å². The number of nitrogens with two attached hydrogens (primary N) is 1. The summed E-state index contributed by atoms with van der Waals surface area (Å²) < 4.78 is 5.59. The standard InChI is InChI=1S/C15H25NO/c1-6-17-14-10-11(2)13(9-12(14)3)7-8-15(4,5)16/h9-10H,6-8,16H2,1-5H3. The molecule has 2 N–H and O–H groups in total. The van der Waals surface area contributed by atoms with E-state index in [1.54, 1.807) is 0 Å². The van der Waals surface area contributed by atoms with Gasteiger partial charge in [-0.1, -0.05) is 6.07 Å². The van der Waals surface area contributed by atoms with E-state index in [1.165, 1.54) is 16.7 Å². The van der Waals surface area contributed by atoms with Gasteiger partial charge in [-0.15, -0.1) is 0 Å². The van der Waals surface area contributed by atoms with Crippen LogP contribution < -0.4 is 10.5 Å². The van der Waals surface area contributed by atoms with Crippen LogP contribution in [0.2, 0.25) is 0 Å². The van der Waals surface area contributed by atoms with Crippen molar-refractivity contribution in [3.63, 3.8) is 0 Å². The average molecular weight is 235 g/mol. The molecule has 0 unspecified atom stereocenters. The summed E-state index contributed by atoms with van der Waals surface area (Å²) in [6.07, 6.45) is 2.03. The highest BCUT2D eigenvalue weighted by Crippen LogP contribution is 2.24. The van der Waals surface area contributed by atoms with Gasteiger partial charge in [-0.05, 0) is 70.2 Å². The van der Waals surface area contributed by atoms with Crippen LogP contribution in [0.4, 0.5) is 0 Å². The van der Waals surface area contributed by atoms with Gasteiger partial charge in [0.05, 0.1) is 6.61 Å². The van der Waals surface area contributed by atoms with E-state index in [4.69, 9.17) is 10.5 Å². The topological polar surface area (TPSA) is 35.2 Å². The minimum Gasteiger partial charge on any atom is -0.494 e. The number of rotatable bonds is 5. The second-order valence-electron chi connectivity index (χ2n) is 5.47. The van der Waals surface area contributed by atoms with Crippen LogP contribution >= 0.6 is 0 Å². The van der Waals surface area contributed by atoms with Crippen molar-refractivity contribution in [2.24, 2.45) is 5.73 Å². The molecule has 0 aliphatic heterocycles. The smallest absolute Gasteiger partial charge is 0.122 e. The molecule has 0 aliphatic carbocycles. The molecule has 0 saturated carbocycles. The molecule has 2 heteroatoms. The van der Waals surface area contributed by atoms with E-state index in [2.05, 4.69) is 39.8 Å². The van der Waals surface area contributed by atoms with Gasteiger partial charge in [-0.2, -0.15) is 0 Å². The molecule has 1 aromatic carbocycles. The Morgan fingerprint density at radius 2 is 1.82 bits per heavy atom. The van der Waals surface area contributed by atoms with Gasteiger partial charge in [0.15, 0.2) is 0 Å². The van der Waals surface area contributed by atoms with Gasteiger partial charge in [0, 0.05) is 5.54 Å². The van der Waals surface area contributed by atoms with E-state index in [0.717, 1.165) is 25.2 Å². The molecule has 0 heterocycles. The molecule has 17 heavy (non-hydrogen) atoms. The highest BCUT2D eigenvalue weighted by molar-refractivity contribution is 5.41. The van der Waals surface area contributed by atoms with Crippen molar-refractivity contribution >= 4 is 0 Å². The van der Waals surface area contributed by atoms with E-state index in [0.29, 0.717) is 0 Å². The summed E-state index contributed by atoms with van der Waals surface area (Å²) in [6.45, 7) is 11.1. The summed E-state index contributed by atoms with van der Waals surface area (Å²) in [5.74, 6) is 1.00. The molecule has 0 fully saturated rings. The minimum absolute atomic E-state index is 0.0983. The zero-order valence-electron chi connectivity index (χ0n) is 11.8. The number of ether oxygens (including phenoxy) is 1. The van der Waals surface area contributed by atoms with Gasteiger partial charge in [0.25, 0.3) is 0 Å². The normalized spacial score (nSPS) is 11.6. The third-order valence-corrected chi connectivity index (χ3v) is 2.97. The molecule has 0 aliphatic rings. The fourth-order valence-electron chi connectivity index (χ4n) is 1.89. The van der Waals surface area contributed by atoms with Gasteiger partial charge >= 0.3 is 0 Å². The lowest BCUT2D eigenvalue weighted by atomic mass is 9.93. The second-order valence-corrected chi connectivity index (χ2v) is 5.47. The van der Waals surface area contributed by atoms with E-state index in [1.807, 2.05) is 6.92 Å². The van der Waals surface area contributed by atoms with Crippen LogP contribution in [0.25, 0.3) is 0 Å². The van der Waals surface area contributed by atoms with Crippen LogP contribution in [0.15, 0.2) is 12.1 Å². The maximum absolute atomic E-state index is 6.02. The van der Waals surface area contributed by atoms with Crippen LogP contribution in [0.5, 0.6) is 5.75 Å². The first kappa shape index (κ1) is 14.0. The van der Waals surface area contributed by atoms with Crippen molar-refractivity contribution in [2.75, 3.05) is 6.61 Å². The Morgan fingerprint density at radius 1 is 1.18 bits per heavy atom. The molecule has 0 spiro atoms. The summed E-state index contributed by atoms with van der Waals surface area (Å²) in [5.41, 5.74) is 9.81. The fraction of sp³-hybridized carbons (Fsp3) is 0.600. The molecule has 1 aromatic rings. The summed E-state index contributed by atoms with van der Waals surface area (Å²) >= 11 is 0. The average Bonchev–Trinajstić information content (AvgIpc) is 2.20. The molecule has 2 nitrogen and oxygen atoms in total. The Hall–Kier alpha value is -1.02. The van der Waals surface area contributed by atoms with Crippen LogP contribution in [0.1, 0.15) is 43.9 Å². The van der Waals surface area contributed by atoms with E-state index >= 15 is 0 Å². The minimum atomic E-state index is -0.0983. The maximum atomic E-state index is 6.02. The summed E-state index contributed by atoms with van der Waals surface area (Å²) in [4.78, 5) is 0. The number of hydrogen-bond donors (Lipinski definition) is 1. The summed E-state index contributed by atoms with van der Waals surface area (Å²) in [6, 6.07) is 4.36. The molecule has 0 bridgehead atoms. The number of hydrogen-bond acceptors (Lipinski definition) is 2. The van der Waals surface area contributed by atoms with Crippen molar-refractivity contribution in [3.05, 3.63) is 28.8 Å². The summed E-state index contributed by atoms with van der Waals surface area (Å²) in [5, 5.41) is 0. The van der Waals surface area contributed by atoms with Gasteiger partial charge in [-0.3, -0.25) is 0 Å². The molecular weight excluding hydrogens is 210 g/mol. The predicted octanol–water partition coefficient (Wildman–Crippen LogP) is 3.37. The Labute approximate surface area is 105 Å². The quantitative estimate of drug-likeness (QED) is 0.849. The van der Waals surface area contributed by atoms with Crippen LogP contribution in [-0.4, -0.2) is 12.1 Å². The lowest BCUT2D eigenvalue weighted by Gasteiger charge is -2.19. The highest BCUT2D eigenvalue weighted by Gasteiger charge is 2.12. The van der Waals surface area contributed by atoms with Crippen LogP contribution in [0.3, 0.4) is 0 Å². The van der Waals surface area contributed by atoms with Crippen LogP contribution in [-0.2, 0) is 6.42 Å². The molecule has 0 atom stereocenters. The van der Waals surface area contributed by atoms with Gasteiger partial charge < -0.3 is 10.5 Å². The lowest BCUT2D eigenvalue weighted by molar-refractivity contribution is 0.337. The Balaban J connectivity index is 2.84. The van der Waals surface area contributed by atoms with Crippen molar-refractivity contribution in [1.82, 2.24) is 0 Å². The van der Waals surface area contributed by atoms with E-state index in [9.17, 15) is 0 Å². The van der Waals surface area contributed by atoms with Gasteiger partial charge in [0.2, 0.25) is 0 Å². The van der Waals surface area contributed by atoms with Crippen LogP contribution in [0, 0.1) is 13.8 Å². The lowest BCUT2D eigenvalue weighted by Crippen LogP contribution is -2.32. The first-order chi connectivity index (χ1) is 7.83. The predicted molar refractivity (Wildman–Crippen MR) is 73.7 cm³/mol. The van der Waals surface area contributed by atoms with E-state index in [-0.39, 0.29) is 5.54 Å². The first-order valence-corrected chi connectivity index (χ1v) is 6.35. The monoisotopic (exact) mass is 235 g/mol. The Morgan fingerprint density at radius 3 is 2.35 bits per heavy atom. The largest absolute Gasteiger partial charge is 0.494 e. The zero-order valence-corrected chi connectivity index (χ0v) is 11.8. The van der Waals surface area contributed by atoms with Crippen molar-refractivity contribution in [2.45, 2.75) is 53.0 Å². The molecule has 0 aromatic heterocycles. The third kappa shape index (κ3) is 4.39. The maximum Gasteiger partial charge on any atom is 0.122 e. The van der Waals surface area contributed by atoms with Gasteiger partial charge in [0.1, 0.15) is 5.75 Å². The highest BCUT2D eigenvalue weighted by atomic mass is 16.5. The molecule has 0 amide bonds. The summed E-state index contributed by atoms with van der Waals surface area (Å²) in [7, 11) is 0. The van der Waals surface area contributed by atoms with Crippen molar-refractivity contribution in [1.29, 1.82) is 0 Å². The molecular formula is C15H25NO. The Kier molecular flexibility index (Phi) is 4.58. The molecule has 1 rings (SSSR count). The third-order valence-electron chi connectivity index (χ3n) is 2.97. The molecule has 0 radical (unpaired) electrons. The van der Waals surface area contributed by atoms with E-state index < -0.39 is 0 Å². The molecule has 0 saturated heterocycles. The fourth-order valence-corrected chi connectivity index (χ4v) is 1.89. The number of aryl methyl sites for hydroxylation is 3. The Bertz CT molecular complexity index is 377. The first-order valence-electron chi connectivity index (χ1n) is 6.35. The SMILES string of the molecule is CCOc1cc(C)c(CCC(C)(C)N)cc1C. The van der Waals surface area contributed by atoms with Gasteiger partial charge in [-0.25, -0.2) is 0 Å². The molecule has 96 valence electrons. The second kappa shape index (κ2) is 5.54. The number of benzene rings is 1. The zero-order chi connectivity index (χ0) is 13.1.